The third-order valence-electron chi connectivity index (χ3n) is 6.92. The van der Waals surface area contributed by atoms with Gasteiger partial charge in [0, 0.05) is 49.3 Å². The van der Waals surface area contributed by atoms with Crippen molar-refractivity contribution < 1.29 is 14.6 Å². The van der Waals surface area contributed by atoms with Gasteiger partial charge in [0.05, 0.1) is 30.6 Å². The van der Waals surface area contributed by atoms with Gasteiger partial charge in [0.15, 0.2) is 5.65 Å². The van der Waals surface area contributed by atoms with Crippen molar-refractivity contribution >= 4 is 17.4 Å². The van der Waals surface area contributed by atoms with Crippen molar-refractivity contribution in [2.24, 2.45) is 5.92 Å². The van der Waals surface area contributed by atoms with Crippen molar-refractivity contribution in [3.8, 4) is 22.6 Å². The molecule has 1 saturated heterocycles. The molecule has 176 valence electrons. The zero-order valence-electron chi connectivity index (χ0n) is 19.1. The van der Waals surface area contributed by atoms with Gasteiger partial charge in [-0.3, -0.25) is 4.79 Å². The predicted octanol–water partition coefficient (Wildman–Crippen LogP) is 2.20. The Hall–Kier alpha value is -3.50. The zero-order valence-corrected chi connectivity index (χ0v) is 19.1. The number of aliphatic hydroxyl groups is 1. The fraction of sp³-hybridized carbons (Fsp3) is 0.417. The molecule has 1 saturated carbocycles. The number of fused-ring (bicyclic) bond motifs is 2. The van der Waals surface area contributed by atoms with E-state index < -0.39 is 6.10 Å². The second kappa shape index (κ2) is 8.07. The molecular formula is C24H27N7O3. The molecule has 34 heavy (non-hydrogen) atoms. The van der Waals surface area contributed by atoms with E-state index in [4.69, 9.17) is 14.7 Å². The van der Waals surface area contributed by atoms with Gasteiger partial charge in [0.2, 0.25) is 0 Å². The number of anilines is 1. The molecule has 2 aromatic rings. The summed E-state index contributed by atoms with van der Waals surface area (Å²) in [5.41, 5.74) is 3.41. The first-order valence-electron chi connectivity index (χ1n) is 11.6. The highest BCUT2D eigenvalue weighted by atomic mass is 16.5. The summed E-state index contributed by atoms with van der Waals surface area (Å²) >= 11 is 0. The summed E-state index contributed by atoms with van der Waals surface area (Å²) in [6.45, 7) is 3.04. The van der Waals surface area contributed by atoms with Crippen LogP contribution in [-0.2, 0) is 4.74 Å². The second-order valence-corrected chi connectivity index (χ2v) is 9.19. The molecule has 0 bridgehead atoms. The molecule has 10 heteroatoms. The monoisotopic (exact) mass is 461 g/mol. The van der Waals surface area contributed by atoms with Gasteiger partial charge in [-0.2, -0.15) is 9.61 Å². The Morgan fingerprint density at radius 3 is 2.91 bits per heavy atom. The van der Waals surface area contributed by atoms with Gasteiger partial charge in [0.25, 0.3) is 5.91 Å². The largest absolute Gasteiger partial charge is 0.389 e. The lowest BCUT2D eigenvalue weighted by atomic mass is 10.0. The molecule has 0 aromatic carbocycles. The molecule has 4 aliphatic rings. The number of aliphatic hydroxyl groups excluding tert-OH is 1. The van der Waals surface area contributed by atoms with Gasteiger partial charge in [-0.25, -0.2) is 9.97 Å². The molecule has 0 spiro atoms. The van der Waals surface area contributed by atoms with E-state index in [1.165, 1.54) is 0 Å². The van der Waals surface area contributed by atoms with Crippen LogP contribution in [0.5, 0.6) is 0 Å². The van der Waals surface area contributed by atoms with Crippen LogP contribution in [0.3, 0.4) is 0 Å². The summed E-state index contributed by atoms with van der Waals surface area (Å²) in [6, 6.07) is 5.99. The fourth-order valence-corrected chi connectivity index (χ4v) is 4.77. The summed E-state index contributed by atoms with van der Waals surface area (Å²) in [6.07, 6.45) is 6.45. The topological polar surface area (TPSA) is 119 Å². The second-order valence-electron chi connectivity index (χ2n) is 9.19. The van der Waals surface area contributed by atoms with E-state index in [9.17, 15) is 9.90 Å². The Morgan fingerprint density at radius 2 is 2.15 bits per heavy atom. The maximum absolute atomic E-state index is 12.9. The Balaban J connectivity index is 1.41. The number of nitrogens with one attached hydrogen (secondary N) is 2. The average molecular weight is 462 g/mol. The first kappa shape index (κ1) is 21.1. The highest BCUT2D eigenvalue weighted by Gasteiger charge is 2.35. The molecule has 6 rings (SSSR count). The molecule has 10 nitrogen and oxygen atoms in total. The molecule has 2 fully saturated rings. The van der Waals surface area contributed by atoms with Crippen molar-refractivity contribution in [2.45, 2.75) is 38.0 Å². The lowest BCUT2D eigenvalue weighted by Gasteiger charge is -2.31. The summed E-state index contributed by atoms with van der Waals surface area (Å²) in [4.78, 5) is 22.4. The lowest BCUT2D eigenvalue weighted by Crippen LogP contribution is -2.34. The van der Waals surface area contributed by atoms with Gasteiger partial charge in [-0.1, -0.05) is 6.92 Å². The minimum Gasteiger partial charge on any atom is -0.389 e. The number of nitrogens with zero attached hydrogens (tertiary/aromatic N) is 5. The maximum atomic E-state index is 12.9. The minimum atomic E-state index is -0.586. The quantitative estimate of drug-likeness (QED) is 0.417. The Labute approximate surface area is 196 Å². The number of amides is 1. The number of carbonyl (C=O) groups excluding carboxylic acids is 1. The van der Waals surface area contributed by atoms with Crippen LogP contribution in [0.4, 0.5) is 5.82 Å². The molecule has 4 atom stereocenters. The number of hydrogen-bond donors (Lipinski definition) is 3. The molecule has 1 amide bonds. The molecule has 5 heterocycles. The van der Waals surface area contributed by atoms with Crippen molar-refractivity contribution in [2.75, 3.05) is 25.6 Å². The van der Waals surface area contributed by atoms with Gasteiger partial charge in [-0.05, 0) is 30.9 Å². The predicted molar refractivity (Wildman–Crippen MR) is 126 cm³/mol. The number of carbonyl (C=O) groups is 1. The van der Waals surface area contributed by atoms with E-state index >= 15 is 0 Å². The van der Waals surface area contributed by atoms with Crippen LogP contribution in [0.25, 0.3) is 28.3 Å². The SMILES string of the molecule is CNc1cc(-c2cnc3n([C@@H]4CCOC[C@H]4O)cccc2-3)nc2c(C(=O)N[C@@H]3C[C@@H]3C)cnn12. The Morgan fingerprint density at radius 1 is 1.29 bits per heavy atom. The Bertz CT molecular complexity index is 1350. The summed E-state index contributed by atoms with van der Waals surface area (Å²) in [5, 5.41) is 21.1. The minimum absolute atomic E-state index is 0.0987. The molecule has 3 N–H and O–H groups in total. The van der Waals surface area contributed by atoms with Crippen LogP contribution >= 0.6 is 0 Å². The highest BCUT2D eigenvalue weighted by Crippen LogP contribution is 2.37. The van der Waals surface area contributed by atoms with E-state index in [0.717, 1.165) is 35.6 Å². The molecule has 0 radical (unpaired) electrons. The molecular weight excluding hydrogens is 434 g/mol. The highest BCUT2D eigenvalue weighted by molar-refractivity contribution is 6.00. The van der Waals surface area contributed by atoms with E-state index in [1.54, 1.807) is 16.9 Å². The molecule has 2 aromatic heterocycles. The third kappa shape index (κ3) is 3.41. The van der Waals surface area contributed by atoms with Crippen molar-refractivity contribution in [1.29, 1.82) is 0 Å². The van der Waals surface area contributed by atoms with E-state index in [0.29, 0.717) is 36.0 Å². The van der Waals surface area contributed by atoms with E-state index in [2.05, 4.69) is 22.7 Å². The summed E-state index contributed by atoms with van der Waals surface area (Å²) in [7, 11) is 1.81. The summed E-state index contributed by atoms with van der Waals surface area (Å²) in [5.74, 6) is 1.85. The number of pyridine rings is 1. The van der Waals surface area contributed by atoms with Crippen molar-refractivity contribution in [3.05, 3.63) is 42.4 Å². The van der Waals surface area contributed by atoms with Crippen LogP contribution in [0.15, 0.2) is 36.8 Å². The number of rotatable bonds is 5. The first-order chi connectivity index (χ1) is 16.5. The number of aromatic nitrogens is 5. The standard InChI is InChI=1S/C24H27N7O3/c1-13-8-17(13)29-24(33)16-11-27-31-21(25-2)9-18(28-23(16)31)15-10-26-22-14(15)4-3-6-30(22)19-5-7-34-12-20(19)32/h3-4,6,9-11,13,17,19-20,25,32H,5,7-8,12H2,1-2H3,(H,29,33)/t13-,17+,19+,20+/m0/s1. The Kier molecular flexibility index (Phi) is 5.00. The summed E-state index contributed by atoms with van der Waals surface area (Å²) < 4.78 is 9.07. The van der Waals surface area contributed by atoms with Gasteiger partial charge in [0.1, 0.15) is 17.2 Å². The van der Waals surface area contributed by atoms with Crippen LogP contribution < -0.4 is 10.6 Å². The van der Waals surface area contributed by atoms with Gasteiger partial charge in [-0.15, -0.1) is 0 Å². The van der Waals surface area contributed by atoms with Crippen LogP contribution in [0.1, 0.15) is 36.2 Å². The van der Waals surface area contributed by atoms with Crippen molar-refractivity contribution in [3.63, 3.8) is 0 Å². The first-order valence-corrected chi connectivity index (χ1v) is 11.6. The van der Waals surface area contributed by atoms with Crippen LogP contribution in [0.2, 0.25) is 0 Å². The van der Waals surface area contributed by atoms with Gasteiger partial charge >= 0.3 is 0 Å². The number of ether oxygens (including phenoxy) is 1. The number of hydrogen-bond acceptors (Lipinski definition) is 7. The van der Waals surface area contributed by atoms with Crippen LogP contribution in [-0.4, -0.2) is 67.6 Å². The maximum Gasteiger partial charge on any atom is 0.256 e. The van der Waals surface area contributed by atoms with E-state index in [-0.39, 0.29) is 18.0 Å². The molecule has 0 unspecified atom stereocenters. The fourth-order valence-electron chi connectivity index (χ4n) is 4.77. The van der Waals surface area contributed by atoms with E-state index in [1.807, 2.05) is 36.0 Å². The third-order valence-corrected chi connectivity index (χ3v) is 6.92. The van der Waals surface area contributed by atoms with Gasteiger partial charge < -0.3 is 25.0 Å². The normalized spacial score (nSPS) is 24.4. The average Bonchev–Trinajstić information content (AvgIpc) is 3.23. The molecule has 1 aliphatic carbocycles. The van der Waals surface area contributed by atoms with Crippen LogP contribution in [0, 0.1) is 5.92 Å². The zero-order chi connectivity index (χ0) is 23.4. The smallest absolute Gasteiger partial charge is 0.256 e. The molecule has 3 aliphatic heterocycles. The van der Waals surface area contributed by atoms with Crippen molar-refractivity contribution in [1.82, 2.24) is 29.5 Å². The lowest BCUT2D eigenvalue weighted by molar-refractivity contribution is -0.0383.